The summed E-state index contributed by atoms with van der Waals surface area (Å²) in [6.45, 7) is 24.1. The lowest BCUT2D eigenvalue weighted by Crippen LogP contribution is -2.63. The molecule has 0 heterocycles. The summed E-state index contributed by atoms with van der Waals surface area (Å²) in [5.41, 5.74) is -4.89. The van der Waals surface area contributed by atoms with E-state index in [4.69, 9.17) is 22.6 Å². The molecule has 0 amide bonds. The highest BCUT2D eigenvalue weighted by Crippen LogP contribution is 2.62. The number of halogens is 3. The number of carbonyl (C=O) groups is 1. The first-order valence-corrected chi connectivity index (χ1v) is 13.9. The molecule has 1 aromatic carbocycles. The third kappa shape index (κ3) is 4.73. The molecule has 4 rings (SSSR count). The fraction of sp³-hybridized carbons (Fsp3) is 0.710. The molecular weight excluding hydrogens is 505 g/mol. The Balaban J connectivity index is 1.79. The van der Waals surface area contributed by atoms with Crippen LogP contribution in [0.25, 0.3) is 9.69 Å². The van der Waals surface area contributed by atoms with Crippen molar-refractivity contribution in [1.82, 2.24) is 0 Å². The maximum absolute atomic E-state index is 14.7. The van der Waals surface area contributed by atoms with E-state index >= 15 is 0 Å². The predicted octanol–water partition coefficient (Wildman–Crippen LogP) is 7.48. The molecule has 3 aliphatic rings. The van der Waals surface area contributed by atoms with Crippen molar-refractivity contribution in [3.05, 3.63) is 58.7 Å². The third-order valence-corrected chi connectivity index (χ3v) is 10.2. The van der Waals surface area contributed by atoms with Crippen LogP contribution in [0.4, 0.5) is 13.2 Å². The summed E-state index contributed by atoms with van der Waals surface area (Å²) in [4.78, 5) is 21.8. The zero-order chi connectivity index (χ0) is 28.8. The van der Waals surface area contributed by atoms with E-state index in [0.717, 1.165) is 26.4 Å². The van der Waals surface area contributed by atoms with E-state index in [2.05, 4.69) is 23.5 Å². The van der Waals surface area contributed by atoms with E-state index in [0.29, 0.717) is 25.2 Å². The SMILES string of the molecule is [C-]#[N+]C(C)(C)C[C@H]1C[C@@H](C)[C@@H]2CC[C@@H](C)[C@]3([N+]#[C-])CC[C@H](OC(=O)[C@](OC)(c4ccccc4)C(F)(F)F)[C@H]1[C@@H]23. The van der Waals surface area contributed by atoms with Gasteiger partial charge in [0.1, 0.15) is 6.10 Å². The van der Waals surface area contributed by atoms with E-state index < -0.39 is 34.9 Å². The van der Waals surface area contributed by atoms with E-state index in [9.17, 15) is 18.0 Å². The largest absolute Gasteiger partial charge is 0.459 e. The van der Waals surface area contributed by atoms with Gasteiger partial charge in [-0.3, -0.25) is 0 Å². The predicted molar refractivity (Wildman–Crippen MR) is 141 cm³/mol. The standard InChI is InChI=1S/C31H39F3N2O3/c1-19-17-21(18-28(3,4)35-5)25-24(15-16-29(36-6)20(2)13-14-23(19)26(25)29)39-27(37)30(38-7,31(32,33)34)22-11-9-8-10-12-22/h8-12,19-21,23-26H,13-18H2,1-4,7H3/t19-,20-,21-,23+,24+,25+,26-,29-,30-/m1/s1. The molecule has 0 N–H and O–H groups in total. The van der Waals surface area contributed by atoms with Crippen LogP contribution in [0.1, 0.15) is 71.8 Å². The molecule has 0 unspecified atom stereocenters. The minimum atomic E-state index is -5.05. The van der Waals surface area contributed by atoms with Crippen molar-refractivity contribution in [2.24, 2.45) is 35.5 Å². The van der Waals surface area contributed by atoms with Crippen LogP contribution in [0, 0.1) is 48.7 Å². The summed E-state index contributed by atoms with van der Waals surface area (Å²) >= 11 is 0. The Morgan fingerprint density at radius 3 is 2.33 bits per heavy atom. The van der Waals surface area contributed by atoms with Crippen molar-refractivity contribution in [2.75, 3.05) is 7.11 Å². The molecule has 9 atom stereocenters. The molecule has 3 aliphatic carbocycles. The van der Waals surface area contributed by atoms with Gasteiger partial charge in [-0.15, -0.1) is 0 Å². The molecule has 0 aromatic heterocycles. The van der Waals surface area contributed by atoms with Crippen LogP contribution < -0.4 is 0 Å². The van der Waals surface area contributed by atoms with Crippen LogP contribution >= 0.6 is 0 Å². The topological polar surface area (TPSA) is 44.2 Å². The summed E-state index contributed by atoms with van der Waals surface area (Å²) in [5.74, 6) is -1.20. The van der Waals surface area contributed by atoms with Gasteiger partial charge in [-0.1, -0.05) is 44.2 Å². The van der Waals surface area contributed by atoms with Gasteiger partial charge >= 0.3 is 12.1 Å². The van der Waals surface area contributed by atoms with Crippen molar-refractivity contribution < 1.29 is 27.4 Å². The molecule has 0 spiro atoms. The molecule has 212 valence electrons. The number of rotatable bonds is 6. The summed E-state index contributed by atoms with van der Waals surface area (Å²) in [5, 5.41) is 0. The fourth-order valence-electron chi connectivity index (χ4n) is 8.34. The van der Waals surface area contributed by atoms with Gasteiger partial charge in [-0.25, -0.2) is 17.9 Å². The molecule has 0 aliphatic heterocycles. The Labute approximate surface area is 230 Å². The van der Waals surface area contributed by atoms with Crippen molar-refractivity contribution in [2.45, 2.75) is 95.2 Å². The lowest BCUT2D eigenvalue weighted by Gasteiger charge is -2.58. The average molecular weight is 545 g/mol. The zero-order valence-electron chi connectivity index (χ0n) is 23.4. The number of alkyl halides is 3. The highest BCUT2D eigenvalue weighted by atomic mass is 19.4. The quantitative estimate of drug-likeness (QED) is 0.276. The molecule has 0 radical (unpaired) electrons. The molecule has 8 heteroatoms. The number of hydrogen-bond acceptors (Lipinski definition) is 3. The van der Waals surface area contributed by atoms with Crippen molar-refractivity contribution in [3.63, 3.8) is 0 Å². The summed E-state index contributed by atoms with van der Waals surface area (Å²) in [7, 11) is 0.884. The van der Waals surface area contributed by atoms with Crippen LogP contribution in [0.2, 0.25) is 0 Å². The van der Waals surface area contributed by atoms with Crippen LogP contribution in [-0.4, -0.2) is 36.4 Å². The van der Waals surface area contributed by atoms with E-state index in [1.807, 2.05) is 13.8 Å². The second-order valence-corrected chi connectivity index (χ2v) is 12.7. The second-order valence-electron chi connectivity index (χ2n) is 12.7. The first kappa shape index (κ1) is 29.4. The van der Waals surface area contributed by atoms with E-state index in [-0.39, 0.29) is 35.2 Å². The Morgan fingerprint density at radius 2 is 1.77 bits per heavy atom. The maximum Gasteiger partial charge on any atom is 0.432 e. The average Bonchev–Trinajstić information content (AvgIpc) is 2.88. The number of benzene rings is 1. The minimum absolute atomic E-state index is 0.0468. The fourth-order valence-corrected chi connectivity index (χ4v) is 8.34. The Kier molecular flexibility index (Phi) is 7.87. The Morgan fingerprint density at radius 1 is 1.10 bits per heavy atom. The normalized spacial score (nSPS) is 36.0. The first-order chi connectivity index (χ1) is 18.3. The van der Waals surface area contributed by atoms with Gasteiger partial charge in [0.2, 0.25) is 11.1 Å². The van der Waals surface area contributed by atoms with E-state index in [1.54, 1.807) is 6.07 Å². The maximum atomic E-state index is 14.7. The van der Waals surface area contributed by atoms with Crippen LogP contribution in [0.5, 0.6) is 0 Å². The molecule has 3 saturated carbocycles. The monoisotopic (exact) mass is 544 g/mol. The summed E-state index contributed by atoms with van der Waals surface area (Å²) in [6, 6.07) is 6.91. The molecule has 0 saturated heterocycles. The highest BCUT2D eigenvalue weighted by Gasteiger charge is 2.69. The van der Waals surface area contributed by atoms with Crippen molar-refractivity contribution in [1.29, 1.82) is 0 Å². The van der Waals surface area contributed by atoms with Crippen LogP contribution in [-0.2, 0) is 19.9 Å². The van der Waals surface area contributed by atoms with Gasteiger partial charge in [-0.2, -0.15) is 13.2 Å². The molecular formula is C31H39F3N2O3. The van der Waals surface area contributed by atoms with Gasteiger partial charge < -0.3 is 19.2 Å². The molecule has 0 bridgehead atoms. The molecule has 5 nitrogen and oxygen atoms in total. The van der Waals surface area contributed by atoms with Crippen molar-refractivity contribution in [3.8, 4) is 0 Å². The second kappa shape index (κ2) is 10.4. The molecule has 39 heavy (non-hydrogen) atoms. The summed E-state index contributed by atoms with van der Waals surface area (Å²) in [6.07, 6.45) is -1.80. The zero-order valence-corrected chi connectivity index (χ0v) is 23.4. The number of hydrogen-bond donors (Lipinski definition) is 0. The minimum Gasteiger partial charge on any atom is -0.459 e. The number of carbonyl (C=O) groups excluding carboxylic acids is 1. The van der Waals surface area contributed by atoms with Gasteiger partial charge in [0, 0.05) is 57.1 Å². The first-order valence-electron chi connectivity index (χ1n) is 13.9. The number of methoxy groups -OCH3 is 1. The van der Waals surface area contributed by atoms with Gasteiger partial charge in [-0.05, 0) is 43.4 Å². The molecule has 3 fully saturated rings. The smallest absolute Gasteiger partial charge is 0.432 e. The lowest BCUT2D eigenvalue weighted by atomic mass is 9.45. The highest BCUT2D eigenvalue weighted by molar-refractivity contribution is 5.83. The van der Waals surface area contributed by atoms with Gasteiger partial charge in [0.15, 0.2) is 0 Å². The summed E-state index contributed by atoms with van der Waals surface area (Å²) < 4.78 is 54.9. The van der Waals surface area contributed by atoms with Gasteiger partial charge in [0.25, 0.3) is 5.60 Å². The van der Waals surface area contributed by atoms with Crippen molar-refractivity contribution >= 4 is 5.97 Å². The number of esters is 1. The Hall–Kier alpha value is -2.58. The van der Waals surface area contributed by atoms with Crippen LogP contribution in [0.15, 0.2) is 30.3 Å². The lowest BCUT2D eigenvalue weighted by molar-refractivity contribution is -0.281. The van der Waals surface area contributed by atoms with Crippen LogP contribution in [0.3, 0.4) is 0 Å². The number of nitrogens with zero attached hydrogens (tertiary/aromatic N) is 2. The molecule has 1 aromatic rings. The van der Waals surface area contributed by atoms with Gasteiger partial charge in [0.05, 0.1) is 0 Å². The Bertz CT molecular complexity index is 1140. The van der Waals surface area contributed by atoms with E-state index in [1.165, 1.54) is 24.3 Å². The third-order valence-electron chi connectivity index (χ3n) is 10.2. The number of ether oxygens (including phenoxy) is 2.